The fourth-order valence-corrected chi connectivity index (χ4v) is 4.81. The molecule has 0 unspecified atom stereocenters. The van der Waals surface area contributed by atoms with Crippen LogP contribution in [0.2, 0.25) is 0 Å². The molecule has 2 N–H and O–H groups in total. The van der Waals surface area contributed by atoms with Crippen LogP contribution in [0.3, 0.4) is 0 Å². The number of ether oxygens (including phenoxy) is 1. The van der Waals surface area contributed by atoms with E-state index in [-0.39, 0.29) is 18.4 Å². The van der Waals surface area contributed by atoms with Crippen molar-refractivity contribution in [3.63, 3.8) is 0 Å². The highest BCUT2D eigenvalue weighted by Gasteiger charge is 2.33. The number of rotatable bonds is 7. The number of amides is 2. The molecule has 2 fully saturated rings. The number of hydrogen-bond acceptors (Lipinski definition) is 5. The third-order valence-electron chi connectivity index (χ3n) is 7.07. The zero-order valence-electron chi connectivity index (χ0n) is 20.9. The van der Waals surface area contributed by atoms with Crippen LogP contribution < -0.4 is 10.1 Å². The predicted octanol–water partition coefficient (Wildman–Crippen LogP) is 4.11. The smallest absolute Gasteiger partial charge is 0.255 e. The Morgan fingerprint density at radius 3 is 2.75 bits per heavy atom. The first-order chi connectivity index (χ1) is 17.4. The van der Waals surface area contributed by atoms with Gasteiger partial charge in [0.25, 0.3) is 5.91 Å². The molecule has 0 spiro atoms. The molecule has 0 radical (unpaired) electrons. The van der Waals surface area contributed by atoms with Crippen molar-refractivity contribution in [2.45, 2.75) is 58.7 Å². The number of alkyl halides is 1. The van der Waals surface area contributed by atoms with Crippen LogP contribution in [0.1, 0.15) is 54.2 Å². The Hall–Kier alpha value is -3.49. The Morgan fingerprint density at radius 1 is 1.22 bits per heavy atom. The van der Waals surface area contributed by atoms with E-state index in [4.69, 9.17) is 4.74 Å². The topological polar surface area (TPSA) is 100 Å². The summed E-state index contributed by atoms with van der Waals surface area (Å²) in [5.74, 6) is 0.898. The first-order valence-corrected chi connectivity index (χ1v) is 12.7. The fourth-order valence-electron chi connectivity index (χ4n) is 4.81. The van der Waals surface area contributed by atoms with Gasteiger partial charge in [0.15, 0.2) is 0 Å². The van der Waals surface area contributed by atoms with Gasteiger partial charge in [-0.1, -0.05) is 18.6 Å². The number of piperidine rings is 1. The van der Waals surface area contributed by atoms with E-state index < -0.39 is 12.2 Å². The number of nitrogens with one attached hydrogen (secondary N) is 2. The summed E-state index contributed by atoms with van der Waals surface area (Å²) in [5, 5.41) is 2.84. The molecule has 1 aromatic carbocycles. The molecule has 9 heteroatoms. The van der Waals surface area contributed by atoms with Gasteiger partial charge in [-0.3, -0.25) is 9.59 Å². The van der Waals surface area contributed by atoms with Gasteiger partial charge in [-0.2, -0.15) is 0 Å². The zero-order chi connectivity index (χ0) is 25.4. The van der Waals surface area contributed by atoms with Crippen LogP contribution in [0.4, 0.5) is 4.39 Å². The maximum Gasteiger partial charge on any atom is 0.255 e. The average molecular weight is 494 g/mol. The summed E-state index contributed by atoms with van der Waals surface area (Å²) in [7, 11) is 0. The standard InChI is InChI=1S/C27H32FN5O3/c1-4-22(34)33-10-9-20(19(28)12-33)32-27(35)23-16(3)31-26-24(29-14-30-25(23)26)18-11-15(2)5-8-21(18)36-13-17-6-7-17/h5,8,11,14,17,19-20,31H,4,6-7,9-10,12-13H2,1-3H3,(H,32,35)/t19-,20+/m1/s1. The minimum absolute atomic E-state index is 0.00615. The van der Waals surface area contributed by atoms with Gasteiger partial charge in [-0.05, 0) is 51.2 Å². The van der Waals surface area contributed by atoms with Crippen molar-refractivity contribution in [1.82, 2.24) is 25.2 Å². The summed E-state index contributed by atoms with van der Waals surface area (Å²) in [6.07, 6.45) is 3.22. The minimum Gasteiger partial charge on any atom is -0.493 e. The van der Waals surface area contributed by atoms with Crippen LogP contribution in [0.15, 0.2) is 24.5 Å². The number of carbonyl (C=O) groups excluding carboxylic acids is 2. The summed E-state index contributed by atoms with van der Waals surface area (Å²) >= 11 is 0. The highest BCUT2D eigenvalue weighted by Crippen LogP contribution is 2.37. The monoisotopic (exact) mass is 493 g/mol. The van der Waals surface area contributed by atoms with Gasteiger partial charge in [0.05, 0.1) is 30.3 Å². The molecular formula is C27H32FN5O3. The molecular weight excluding hydrogens is 461 g/mol. The lowest BCUT2D eigenvalue weighted by Gasteiger charge is -2.35. The number of aromatic nitrogens is 3. The molecule has 2 amide bonds. The highest BCUT2D eigenvalue weighted by atomic mass is 19.1. The number of benzene rings is 1. The molecule has 190 valence electrons. The Labute approximate surface area is 209 Å². The van der Waals surface area contributed by atoms with Crippen LogP contribution in [-0.4, -0.2) is 63.6 Å². The van der Waals surface area contributed by atoms with Crippen molar-refractivity contribution in [3.05, 3.63) is 41.3 Å². The quantitative estimate of drug-likeness (QED) is 0.516. The molecule has 8 nitrogen and oxygen atoms in total. The summed E-state index contributed by atoms with van der Waals surface area (Å²) < 4.78 is 21.0. The molecule has 1 saturated heterocycles. The third kappa shape index (κ3) is 4.79. The lowest BCUT2D eigenvalue weighted by molar-refractivity contribution is -0.133. The second-order valence-corrected chi connectivity index (χ2v) is 9.90. The van der Waals surface area contributed by atoms with Gasteiger partial charge in [0, 0.05) is 24.2 Å². The molecule has 2 atom stereocenters. The van der Waals surface area contributed by atoms with E-state index in [9.17, 15) is 14.0 Å². The average Bonchev–Trinajstić information content (AvgIpc) is 3.63. The molecule has 2 aliphatic rings. The minimum atomic E-state index is -1.33. The van der Waals surface area contributed by atoms with Crippen molar-refractivity contribution in [1.29, 1.82) is 0 Å². The first kappa shape index (κ1) is 24.2. The molecule has 1 saturated carbocycles. The molecule has 0 bridgehead atoms. The second kappa shape index (κ2) is 9.87. The summed E-state index contributed by atoms with van der Waals surface area (Å²) in [5.41, 5.74) is 4.70. The number of carbonyl (C=O) groups is 2. The highest BCUT2D eigenvalue weighted by molar-refractivity contribution is 6.09. The molecule has 2 aromatic heterocycles. The van der Waals surface area contributed by atoms with Crippen molar-refractivity contribution < 1.29 is 18.7 Å². The Balaban J connectivity index is 1.42. The molecule has 5 rings (SSSR count). The van der Waals surface area contributed by atoms with Crippen LogP contribution in [0.25, 0.3) is 22.3 Å². The lowest BCUT2D eigenvalue weighted by Crippen LogP contribution is -2.53. The normalized spacial score (nSPS) is 19.9. The lowest BCUT2D eigenvalue weighted by atomic mass is 10.0. The maximum atomic E-state index is 14.9. The SMILES string of the molecule is CCC(=O)N1CC[C@H](NC(=O)c2c(C)[nH]c3c(-c4cc(C)ccc4OCC4CC4)ncnc23)[C@H](F)C1. The maximum absolute atomic E-state index is 14.9. The van der Waals surface area contributed by atoms with E-state index in [0.29, 0.717) is 59.9 Å². The van der Waals surface area contributed by atoms with Gasteiger partial charge in [0.1, 0.15) is 29.5 Å². The van der Waals surface area contributed by atoms with Crippen molar-refractivity contribution in [2.24, 2.45) is 5.92 Å². The van der Waals surface area contributed by atoms with Gasteiger partial charge in [-0.25, -0.2) is 14.4 Å². The van der Waals surface area contributed by atoms with E-state index in [1.54, 1.807) is 13.8 Å². The predicted molar refractivity (Wildman–Crippen MR) is 135 cm³/mol. The van der Waals surface area contributed by atoms with E-state index in [1.807, 2.05) is 25.1 Å². The van der Waals surface area contributed by atoms with Crippen molar-refractivity contribution in [2.75, 3.05) is 19.7 Å². The number of H-pyrrole nitrogens is 1. The number of nitrogens with zero attached hydrogens (tertiary/aromatic N) is 3. The van der Waals surface area contributed by atoms with Crippen LogP contribution in [0.5, 0.6) is 5.75 Å². The van der Waals surface area contributed by atoms with E-state index in [2.05, 4.69) is 20.3 Å². The van der Waals surface area contributed by atoms with Crippen LogP contribution in [0, 0.1) is 19.8 Å². The van der Waals surface area contributed by atoms with Gasteiger partial charge >= 0.3 is 0 Å². The molecule has 36 heavy (non-hydrogen) atoms. The second-order valence-electron chi connectivity index (χ2n) is 9.90. The van der Waals surface area contributed by atoms with E-state index in [0.717, 1.165) is 16.9 Å². The Morgan fingerprint density at radius 2 is 2.03 bits per heavy atom. The summed E-state index contributed by atoms with van der Waals surface area (Å²) in [6.45, 7) is 6.67. The third-order valence-corrected chi connectivity index (χ3v) is 7.07. The van der Waals surface area contributed by atoms with E-state index >= 15 is 0 Å². The number of halogens is 1. The molecule has 1 aliphatic carbocycles. The largest absolute Gasteiger partial charge is 0.493 e. The number of aryl methyl sites for hydroxylation is 2. The Bertz CT molecular complexity index is 1300. The van der Waals surface area contributed by atoms with Gasteiger partial charge in [-0.15, -0.1) is 0 Å². The van der Waals surface area contributed by atoms with Crippen LogP contribution >= 0.6 is 0 Å². The fraction of sp³-hybridized carbons (Fsp3) is 0.481. The molecule has 3 aromatic rings. The summed E-state index contributed by atoms with van der Waals surface area (Å²) in [6, 6.07) is 5.33. The Kier molecular flexibility index (Phi) is 6.64. The first-order valence-electron chi connectivity index (χ1n) is 12.7. The number of aromatic amines is 1. The number of hydrogen-bond donors (Lipinski definition) is 2. The zero-order valence-corrected chi connectivity index (χ0v) is 20.9. The van der Waals surface area contributed by atoms with Crippen molar-refractivity contribution >= 4 is 22.8 Å². The van der Waals surface area contributed by atoms with Crippen LogP contribution in [-0.2, 0) is 4.79 Å². The number of likely N-dealkylation sites (tertiary alicyclic amines) is 1. The number of fused-ring (bicyclic) bond motifs is 1. The molecule has 1 aliphatic heterocycles. The van der Waals surface area contributed by atoms with Gasteiger partial charge in [0.2, 0.25) is 5.91 Å². The van der Waals surface area contributed by atoms with Crippen molar-refractivity contribution in [3.8, 4) is 17.0 Å². The van der Waals surface area contributed by atoms with E-state index in [1.165, 1.54) is 24.1 Å². The van der Waals surface area contributed by atoms with Gasteiger partial charge < -0.3 is 19.9 Å². The molecule has 3 heterocycles. The summed E-state index contributed by atoms with van der Waals surface area (Å²) in [4.78, 5) is 39.0.